The number of thioether (sulfide) groups is 1. The molecule has 164 valence electrons. The minimum Gasteiger partial charge on any atom is -0.486 e. The van der Waals surface area contributed by atoms with Gasteiger partial charge in [-0.2, -0.15) is 0 Å². The Morgan fingerprint density at radius 3 is 2.42 bits per heavy atom. The normalized spacial score (nSPS) is 12.0. The number of amides is 1. The van der Waals surface area contributed by atoms with Gasteiger partial charge in [-0.25, -0.2) is 0 Å². The van der Waals surface area contributed by atoms with Crippen LogP contribution in [0.1, 0.15) is 39.1 Å². The predicted molar refractivity (Wildman–Crippen MR) is 125 cm³/mol. The third kappa shape index (κ3) is 6.59. The quantitative estimate of drug-likeness (QED) is 0.441. The Kier molecular flexibility index (Phi) is 8.12. The SMILES string of the molecule is CCc1ccc(OCc2nnc(SC(C)C(=O)Nc3ccccc3)n2CC(C)C)cc1. The van der Waals surface area contributed by atoms with Crippen molar-refractivity contribution in [1.29, 1.82) is 0 Å². The lowest BCUT2D eigenvalue weighted by atomic mass is 10.2. The van der Waals surface area contributed by atoms with Crippen molar-refractivity contribution in [2.24, 2.45) is 5.92 Å². The number of anilines is 1. The summed E-state index contributed by atoms with van der Waals surface area (Å²) in [7, 11) is 0. The fourth-order valence-corrected chi connectivity index (χ4v) is 3.89. The first-order valence-electron chi connectivity index (χ1n) is 10.6. The van der Waals surface area contributed by atoms with E-state index in [1.165, 1.54) is 17.3 Å². The molecule has 7 heteroatoms. The zero-order chi connectivity index (χ0) is 22.2. The summed E-state index contributed by atoms with van der Waals surface area (Å²) >= 11 is 1.41. The van der Waals surface area contributed by atoms with Crippen LogP contribution in [0.2, 0.25) is 0 Å². The van der Waals surface area contributed by atoms with E-state index < -0.39 is 0 Å². The number of carbonyl (C=O) groups is 1. The Morgan fingerprint density at radius 2 is 1.77 bits per heavy atom. The van der Waals surface area contributed by atoms with Crippen LogP contribution in [0.15, 0.2) is 59.8 Å². The fraction of sp³-hybridized carbons (Fsp3) is 0.375. The first kappa shape index (κ1) is 22.9. The fourth-order valence-electron chi connectivity index (χ4n) is 3.01. The summed E-state index contributed by atoms with van der Waals surface area (Å²) in [5, 5.41) is 12.1. The van der Waals surface area contributed by atoms with Gasteiger partial charge >= 0.3 is 0 Å². The van der Waals surface area contributed by atoms with Crippen molar-refractivity contribution in [2.75, 3.05) is 5.32 Å². The highest BCUT2D eigenvalue weighted by atomic mass is 32.2. The van der Waals surface area contributed by atoms with E-state index in [1.807, 2.05) is 49.4 Å². The maximum atomic E-state index is 12.6. The molecule has 0 saturated heterocycles. The van der Waals surface area contributed by atoms with Gasteiger partial charge in [0.05, 0.1) is 5.25 Å². The first-order chi connectivity index (χ1) is 15.0. The molecule has 0 aliphatic carbocycles. The number of nitrogens with zero attached hydrogens (tertiary/aromatic N) is 3. The van der Waals surface area contributed by atoms with Crippen LogP contribution in [0.5, 0.6) is 5.75 Å². The summed E-state index contributed by atoms with van der Waals surface area (Å²) in [6, 6.07) is 17.6. The number of hydrogen-bond donors (Lipinski definition) is 1. The van der Waals surface area contributed by atoms with Crippen LogP contribution >= 0.6 is 11.8 Å². The molecular weight excluding hydrogens is 408 g/mol. The number of rotatable bonds is 10. The first-order valence-corrected chi connectivity index (χ1v) is 11.5. The van der Waals surface area contributed by atoms with E-state index in [1.54, 1.807) is 0 Å². The van der Waals surface area contributed by atoms with Crippen LogP contribution in [0.3, 0.4) is 0 Å². The molecule has 1 N–H and O–H groups in total. The summed E-state index contributed by atoms with van der Waals surface area (Å²) in [6.07, 6.45) is 1.000. The molecule has 0 radical (unpaired) electrons. The maximum absolute atomic E-state index is 12.6. The van der Waals surface area contributed by atoms with Crippen molar-refractivity contribution in [3.63, 3.8) is 0 Å². The van der Waals surface area contributed by atoms with Gasteiger partial charge in [0.2, 0.25) is 5.91 Å². The van der Waals surface area contributed by atoms with Gasteiger partial charge in [-0.1, -0.05) is 62.9 Å². The molecule has 3 aromatic rings. The topological polar surface area (TPSA) is 69.0 Å². The maximum Gasteiger partial charge on any atom is 0.237 e. The Morgan fingerprint density at radius 1 is 1.06 bits per heavy atom. The molecule has 1 aromatic heterocycles. The van der Waals surface area contributed by atoms with Crippen LogP contribution in [0, 0.1) is 5.92 Å². The number of ether oxygens (including phenoxy) is 1. The van der Waals surface area contributed by atoms with Crippen LogP contribution in [-0.4, -0.2) is 25.9 Å². The van der Waals surface area contributed by atoms with Crippen molar-refractivity contribution in [3.8, 4) is 5.75 Å². The highest BCUT2D eigenvalue weighted by Crippen LogP contribution is 2.25. The van der Waals surface area contributed by atoms with Crippen LogP contribution in [-0.2, 0) is 24.4 Å². The van der Waals surface area contributed by atoms with E-state index in [9.17, 15) is 4.79 Å². The Hall–Kier alpha value is -2.80. The Bertz CT molecular complexity index is 971. The van der Waals surface area contributed by atoms with E-state index in [4.69, 9.17) is 4.74 Å². The van der Waals surface area contributed by atoms with Gasteiger partial charge in [0.25, 0.3) is 0 Å². The van der Waals surface area contributed by atoms with Crippen molar-refractivity contribution in [3.05, 3.63) is 66.0 Å². The summed E-state index contributed by atoms with van der Waals surface area (Å²) in [6.45, 7) is 9.39. The molecule has 2 aromatic carbocycles. The second-order valence-corrected chi connectivity index (χ2v) is 9.11. The molecule has 1 amide bonds. The molecule has 0 spiro atoms. The third-order valence-corrected chi connectivity index (χ3v) is 5.81. The van der Waals surface area contributed by atoms with Gasteiger partial charge in [0.1, 0.15) is 12.4 Å². The van der Waals surface area contributed by atoms with Crippen LogP contribution in [0.25, 0.3) is 0 Å². The summed E-state index contributed by atoms with van der Waals surface area (Å²) in [5.41, 5.74) is 2.06. The minimum absolute atomic E-state index is 0.0656. The van der Waals surface area contributed by atoms with Crippen molar-refractivity contribution in [2.45, 2.75) is 57.7 Å². The molecule has 0 bridgehead atoms. The second-order valence-electron chi connectivity index (χ2n) is 7.80. The molecule has 6 nitrogen and oxygen atoms in total. The highest BCUT2D eigenvalue weighted by molar-refractivity contribution is 8.00. The van der Waals surface area contributed by atoms with E-state index in [-0.39, 0.29) is 11.2 Å². The highest BCUT2D eigenvalue weighted by Gasteiger charge is 2.21. The van der Waals surface area contributed by atoms with Crippen LogP contribution in [0.4, 0.5) is 5.69 Å². The average Bonchev–Trinajstić information content (AvgIpc) is 3.13. The van der Waals surface area contributed by atoms with Crippen molar-refractivity contribution >= 4 is 23.4 Å². The number of nitrogens with one attached hydrogen (secondary N) is 1. The zero-order valence-electron chi connectivity index (χ0n) is 18.5. The number of aromatic nitrogens is 3. The number of hydrogen-bond acceptors (Lipinski definition) is 5. The van der Waals surface area contributed by atoms with Gasteiger partial charge in [-0.15, -0.1) is 10.2 Å². The molecule has 0 fully saturated rings. The smallest absolute Gasteiger partial charge is 0.237 e. The molecule has 0 aliphatic rings. The third-order valence-electron chi connectivity index (χ3n) is 4.73. The number of benzene rings is 2. The lowest BCUT2D eigenvalue weighted by Crippen LogP contribution is -2.23. The van der Waals surface area contributed by atoms with E-state index in [0.29, 0.717) is 12.5 Å². The second kappa shape index (κ2) is 11.0. The standard InChI is InChI=1S/C24H30N4O2S/c1-5-19-11-13-21(14-12-19)30-16-22-26-27-24(28(22)15-17(2)3)31-18(4)23(29)25-20-9-7-6-8-10-20/h6-14,17-18H,5,15-16H2,1-4H3,(H,25,29). The lowest BCUT2D eigenvalue weighted by molar-refractivity contribution is -0.115. The number of para-hydroxylation sites is 1. The monoisotopic (exact) mass is 438 g/mol. The van der Waals surface area contributed by atoms with Crippen LogP contribution < -0.4 is 10.1 Å². The predicted octanol–water partition coefficient (Wildman–Crippen LogP) is 5.19. The van der Waals surface area contributed by atoms with Gasteiger partial charge in [-0.3, -0.25) is 4.79 Å². The van der Waals surface area contributed by atoms with E-state index in [2.05, 4.69) is 53.0 Å². The molecule has 3 rings (SSSR count). The molecule has 0 aliphatic heterocycles. The van der Waals surface area contributed by atoms with Gasteiger partial charge in [0, 0.05) is 12.2 Å². The van der Waals surface area contributed by atoms with Gasteiger partial charge < -0.3 is 14.6 Å². The van der Waals surface area contributed by atoms with Crippen molar-refractivity contribution < 1.29 is 9.53 Å². The molecule has 31 heavy (non-hydrogen) atoms. The van der Waals surface area contributed by atoms with Gasteiger partial charge in [-0.05, 0) is 49.1 Å². The summed E-state index contributed by atoms with van der Waals surface area (Å²) in [4.78, 5) is 12.6. The molecular formula is C24H30N4O2S. The molecule has 1 unspecified atom stereocenters. The average molecular weight is 439 g/mol. The van der Waals surface area contributed by atoms with E-state index >= 15 is 0 Å². The Labute approximate surface area is 188 Å². The zero-order valence-corrected chi connectivity index (χ0v) is 19.4. The minimum atomic E-state index is -0.314. The Balaban J connectivity index is 1.68. The largest absolute Gasteiger partial charge is 0.486 e. The molecule has 1 atom stereocenters. The van der Waals surface area contributed by atoms with Gasteiger partial charge in [0.15, 0.2) is 11.0 Å². The molecule has 0 saturated carbocycles. The summed E-state index contributed by atoms with van der Waals surface area (Å²) in [5.74, 6) is 1.91. The summed E-state index contributed by atoms with van der Waals surface area (Å²) < 4.78 is 8.00. The lowest BCUT2D eigenvalue weighted by Gasteiger charge is -2.15. The molecule has 1 heterocycles. The van der Waals surface area contributed by atoms with E-state index in [0.717, 1.165) is 35.4 Å². The van der Waals surface area contributed by atoms with Crippen molar-refractivity contribution in [1.82, 2.24) is 14.8 Å². The number of carbonyl (C=O) groups excluding carboxylic acids is 1. The number of aryl methyl sites for hydroxylation is 1.